The number of urea groups is 1. The summed E-state index contributed by atoms with van der Waals surface area (Å²) in [5.41, 5.74) is 2.44. The Morgan fingerprint density at radius 2 is 1.60 bits per heavy atom. The van der Waals surface area contributed by atoms with Gasteiger partial charge in [-0.1, -0.05) is 42.7 Å². The van der Waals surface area contributed by atoms with Gasteiger partial charge in [0, 0.05) is 38.6 Å². The maximum absolute atomic E-state index is 12.4. The fourth-order valence-electron chi connectivity index (χ4n) is 3.66. The maximum atomic E-state index is 12.4. The first-order valence-corrected chi connectivity index (χ1v) is 9.50. The van der Waals surface area contributed by atoms with Gasteiger partial charge in [-0.05, 0) is 31.7 Å². The summed E-state index contributed by atoms with van der Waals surface area (Å²) < 4.78 is 0. The molecule has 5 heteroatoms. The molecule has 3 amide bonds. The molecule has 1 aromatic carbocycles. The number of piperazine rings is 1. The largest absolute Gasteiger partial charge is 0.339 e. The van der Waals surface area contributed by atoms with Crippen molar-refractivity contribution in [2.75, 3.05) is 26.2 Å². The highest BCUT2D eigenvalue weighted by molar-refractivity contribution is 5.78. The van der Waals surface area contributed by atoms with E-state index in [-0.39, 0.29) is 11.9 Å². The zero-order valence-electron chi connectivity index (χ0n) is 15.2. The maximum Gasteiger partial charge on any atom is 0.317 e. The molecule has 0 unspecified atom stereocenters. The Kier molecular flexibility index (Phi) is 5.95. The minimum absolute atomic E-state index is 0.0404. The van der Waals surface area contributed by atoms with Crippen LogP contribution in [0.25, 0.3) is 0 Å². The number of amides is 3. The third-order valence-corrected chi connectivity index (χ3v) is 5.35. The molecule has 0 spiro atoms. The molecule has 1 N–H and O–H groups in total. The van der Waals surface area contributed by atoms with Crippen LogP contribution in [0, 0.1) is 6.92 Å². The molecule has 2 aliphatic rings. The van der Waals surface area contributed by atoms with Crippen molar-refractivity contribution in [2.45, 2.75) is 51.5 Å². The van der Waals surface area contributed by atoms with Gasteiger partial charge < -0.3 is 15.1 Å². The molecule has 0 atom stereocenters. The van der Waals surface area contributed by atoms with Crippen molar-refractivity contribution >= 4 is 11.9 Å². The number of hydrogen-bond donors (Lipinski definition) is 1. The lowest BCUT2D eigenvalue weighted by Gasteiger charge is -2.35. The van der Waals surface area contributed by atoms with E-state index in [4.69, 9.17) is 0 Å². The first-order chi connectivity index (χ1) is 12.1. The van der Waals surface area contributed by atoms with Gasteiger partial charge >= 0.3 is 6.03 Å². The first kappa shape index (κ1) is 17.8. The molecule has 1 saturated heterocycles. The molecule has 0 radical (unpaired) electrons. The van der Waals surface area contributed by atoms with Crippen molar-refractivity contribution in [1.82, 2.24) is 15.1 Å². The Bertz CT molecular complexity index is 585. The van der Waals surface area contributed by atoms with Gasteiger partial charge in [-0.25, -0.2) is 4.79 Å². The van der Waals surface area contributed by atoms with Crippen molar-refractivity contribution in [2.24, 2.45) is 0 Å². The summed E-state index contributed by atoms with van der Waals surface area (Å²) in [6, 6.07) is 8.74. The summed E-state index contributed by atoms with van der Waals surface area (Å²) in [5.74, 6) is 0.191. The summed E-state index contributed by atoms with van der Waals surface area (Å²) in [6.07, 6.45) is 5.95. The molecule has 1 aliphatic carbocycles. The third-order valence-electron chi connectivity index (χ3n) is 5.35. The zero-order chi connectivity index (χ0) is 17.6. The molecular formula is C20H29N3O2. The molecule has 1 heterocycles. The van der Waals surface area contributed by atoms with Gasteiger partial charge in [-0.15, -0.1) is 0 Å². The highest BCUT2D eigenvalue weighted by atomic mass is 16.2. The second-order valence-corrected chi connectivity index (χ2v) is 7.28. The van der Waals surface area contributed by atoms with Crippen LogP contribution >= 0.6 is 0 Å². The first-order valence-electron chi connectivity index (χ1n) is 9.50. The second-order valence-electron chi connectivity index (χ2n) is 7.28. The molecule has 1 saturated carbocycles. The minimum atomic E-state index is 0.0404. The zero-order valence-corrected chi connectivity index (χ0v) is 15.2. The Morgan fingerprint density at radius 1 is 1.00 bits per heavy atom. The van der Waals surface area contributed by atoms with E-state index in [2.05, 4.69) is 36.5 Å². The molecule has 1 aliphatic heterocycles. The average Bonchev–Trinajstić information content (AvgIpc) is 3.14. The highest BCUT2D eigenvalue weighted by Gasteiger charge is 2.26. The molecule has 2 fully saturated rings. The fourth-order valence-corrected chi connectivity index (χ4v) is 3.66. The summed E-state index contributed by atoms with van der Waals surface area (Å²) in [7, 11) is 0. The molecule has 0 aromatic heterocycles. The number of rotatable bonds is 4. The number of carbonyl (C=O) groups is 2. The van der Waals surface area contributed by atoms with Gasteiger partial charge in [-0.3, -0.25) is 4.79 Å². The number of carbonyl (C=O) groups excluding carboxylic acids is 2. The van der Waals surface area contributed by atoms with Crippen molar-refractivity contribution in [1.29, 1.82) is 0 Å². The number of benzene rings is 1. The van der Waals surface area contributed by atoms with Crippen LogP contribution in [0.15, 0.2) is 24.3 Å². The fraction of sp³-hybridized carbons (Fsp3) is 0.600. The molecule has 136 valence electrons. The average molecular weight is 343 g/mol. The van der Waals surface area contributed by atoms with Crippen LogP contribution in [0.1, 0.15) is 43.2 Å². The van der Waals surface area contributed by atoms with Crippen molar-refractivity contribution in [3.8, 4) is 0 Å². The number of nitrogens with zero attached hydrogens (tertiary/aromatic N) is 2. The van der Waals surface area contributed by atoms with Crippen LogP contribution in [0.5, 0.6) is 0 Å². The molecule has 3 rings (SSSR count). The molecule has 5 nitrogen and oxygen atoms in total. The van der Waals surface area contributed by atoms with Crippen LogP contribution in [0.2, 0.25) is 0 Å². The Labute approximate surface area is 150 Å². The lowest BCUT2D eigenvalue weighted by Crippen LogP contribution is -2.54. The second kappa shape index (κ2) is 8.37. The van der Waals surface area contributed by atoms with Crippen LogP contribution in [-0.4, -0.2) is 54.0 Å². The number of aryl methyl sites for hydroxylation is 2. The lowest BCUT2D eigenvalue weighted by atomic mass is 10.1. The van der Waals surface area contributed by atoms with Crippen molar-refractivity contribution < 1.29 is 9.59 Å². The third kappa shape index (κ3) is 4.97. The Balaban J connectivity index is 1.39. The summed E-state index contributed by atoms with van der Waals surface area (Å²) in [6.45, 7) is 4.62. The number of nitrogens with one attached hydrogen (secondary N) is 1. The smallest absolute Gasteiger partial charge is 0.317 e. The standard InChI is InChI=1S/C20H29N3O2/c1-16-6-8-17(9-7-16)10-11-19(24)22-12-14-23(15-13-22)20(25)21-18-4-2-3-5-18/h6-9,18H,2-5,10-15H2,1H3,(H,21,25). The van der Waals surface area contributed by atoms with Gasteiger partial charge in [0.15, 0.2) is 0 Å². The topological polar surface area (TPSA) is 52.7 Å². The van der Waals surface area contributed by atoms with Gasteiger partial charge in [-0.2, -0.15) is 0 Å². The van der Waals surface area contributed by atoms with Crippen LogP contribution < -0.4 is 5.32 Å². The van der Waals surface area contributed by atoms with Crippen LogP contribution in [0.3, 0.4) is 0 Å². The SMILES string of the molecule is Cc1ccc(CCC(=O)N2CCN(C(=O)NC3CCCC3)CC2)cc1. The predicted octanol–water partition coefficient (Wildman–Crippen LogP) is 2.72. The summed E-state index contributed by atoms with van der Waals surface area (Å²) >= 11 is 0. The Hall–Kier alpha value is -2.04. The minimum Gasteiger partial charge on any atom is -0.339 e. The van der Waals surface area contributed by atoms with E-state index in [9.17, 15) is 9.59 Å². The normalized spacial score (nSPS) is 18.4. The van der Waals surface area contributed by atoms with Gasteiger partial charge in [0.2, 0.25) is 5.91 Å². The predicted molar refractivity (Wildman–Crippen MR) is 98.4 cm³/mol. The van der Waals surface area contributed by atoms with E-state index in [1.165, 1.54) is 24.0 Å². The van der Waals surface area contributed by atoms with E-state index < -0.39 is 0 Å². The van der Waals surface area contributed by atoms with E-state index >= 15 is 0 Å². The van der Waals surface area contributed by atoms with Crippen molar-refractivity contribution in [3.05, 3.63) is 35.4 Å². The van der Waals surface area contributed by atoms with Crippen LogP contribution in [0.4, 0.5) is 4.79 Å². The lowest BCUT2D eigenvalue weighted by molar-refractivity contribution is -0.132. The quantitative estimate of drug-likeness (QED) is 0.914. The summed E-state index contributed by atoms with van der Waals surface area (Å²) in [4.78, 5) is 28.4. The monoisotopic (exact) mass is 343 g/mol. The van der Waals surface area contributed by atoms with Gasteiger partial charge in [0.05, 0.1) is 0 Å². The molecular weight excluding hydrogens is 314 g/mol. The van der Waals surface area contributed by atoms with Crippen molar-refractivity contribution in [3.63, 3.8) is 0 Å². The summed E-state index contributed by atoms with van der Waals surface area (Å²) in [5, 5.41) is 3.13. The van der Waals surface area contributed by atoms with Crippen LogP contribution in [-0.2, 0) is 11.2 Å². The molecule has 1 aromatic rings. The van der Waals surface area contributed by atoms with Gasteiger partial charge in [0.1, 0.15) is 0 Å². The number of hydrogen-bond acceptors (Lipinski definition) is 2. The highest BCUT2D eigenvalue weighted by Crippen LogP contribution is 2.18. The van der Waals surface area contributed by atoms with E-state index in [0.717, 1.165) is 19.3 Å². The van der Waals surface area contributed by atoms with E-state index in [0.29, 0.717) is 38.6 Å². The van der Waals surface area contributed by atoms with Gasteiger partial charge in [0.25, 0.3) is 0 Å². The molecule has 0 bridgehead atoms. The van der Waals surface area contributed by atoms with E-state index in [1.54, 1.807) is 0 Å². The molecule has 25 heavy (non-hydrogen) atoms. The Morgan fingerprint density at radius 3 is 2.24 bits per heavy atom. The van der Waals surface area contributed by atoms with E-state index in [1.807, 2.05) is 9.80 Å².